The van der Waals surface area contributed by atoms with Crippen LogP contribution in [0, 0.1) is 5.82 Å². The molecule has 1 N–H and O–H groups in total. The third-order valence-electron chi connectivity index (χ3n) is 6.67. The summed E-state index contributed by atoms with van der Waals surface area (Å²) < 4.78 is 22.2. The number of carboxylic acid groups (broad SMARTS) is 1. The number of benzene rings is 2. The molecule has 1 saturated heterocycles. The quantitative estimate of drug-likeness (QED) is 0.450. The zero-order valence-electron chi connectivity index (χ0n) is 19.7. The van der Waals surface area contributed by atoms with Crippen molar-refractivity contribution in [1.82, 2.24) is 9.55 Å². The minimum atomic E-state index is -1.30. The number of aryl methyl sites for hydroxylation is 1. The molecule has 3 heterocycles. The molecular weight excluding hydrogens is 451 g/mol. The number of piperazine rings is 1. The van der Waals surface area contributed by atoms with E-state index in [2.05, 4.69) is 16.8 Å². The van der Waals surface area contributed by atoms with Gasteiger partial charge in [-0.25, -0.2) is 9.18 Å². The Balaban J connectivity index is 1.57. The van der Waals surface area contributed by atoms with E-state index in [1.807, 2.05) is 29.2 Å². The van der Waals surface area contributed by atoms with Gasteiger partial charge in [-0.05, 0) is 25.1 Å². The lowest BCUT2D eigenvalue weighted by molar-refractivity contribution is 0.0695. The molecule has 0 bridgehead atoms. The van der Waals surface area contributed by atoms with Gasteiger partial charge in [0, 0.05) is 62.1 Å². The molecule has 0 saturated carbocycles. The van der Waals surface area contributed by atoms with E-state index in [1.54, 1.807) is 24.8 Å². The van der Waals surface area contributed by atoms with Crippen LogP contribution in [0.4, 0.5) is 15.8 Å². The Hall–Kier alpha value is -4.14. The number of anilines is 2. The molecule has 5 rings (SSSR count). The largest absolute Gasteiger partial charge is 0.497 e. The Bertz CT molecular complexity index is 1530. The van der Waals surface area contributed by atoms with Gasteiger partial charge in [0.25, 0.3) is 0 Å². The third kappa shape index (κ3) is 3.82. The Kier molecular flexibility index (Phi) is 5.55. The highest BCUT2D eigenvalue weighted by molar-refractivity contribution is 6.07. The fourth-order valence-electron chi connectivity index (χ4n) is 4.90. The zero-order valence-corrected chi connectivity index (χ0v) is 19.7. The highest BCUT2D eigenvalue weighted by atomic mass is 19.1. The van der Waals surface area contributed by atoms with Gasteiger partial charge in [-0.2, -0.15) is 0 Å². The molecule has 9 heteroatoms. The van der Waals surface area contributed by atoms with Gasteiger partial charge in [-0.1, -0.05) is 6.07 Å². The number of halogens is 1. The molecule has 1 fully saturated rings. The van der Waals surface area contributed by atoms with Gasteiger partial charge in [-0.3, -0.25) is 9.78 Å². The van der Waals surface area contributed by atoms with E-state index in [-0.39, 0.29) is 17.0 Å². The van der Waals surface area contributed by atoms with Crippen LogP contribution in [-0.4, -0.2) is 53.4 Å². The van der Waals surface area contributed by atoms with Crippen LogP contribution in [0.2, 0.25) is 0 Å². The number of carboxylic acids is 1. The van der Waals surface area contributed by atoms with Gasteiger partial charge in [0.1, 0.15) is 17.1 Å². The second kappa shape index (κ2) is 8.57. The number of nitrogens with zero attached hydrogens (tertiary/aromatic N) is 4. The van der Waals surface area contributed by atoms with Crippen molar-refractivity contribution in [2.75, 3.05) is 36.5 Å². The second-order valence-electron chi connectivity index (χ2n) is 8.82. The number of pyridine rings is 2. The van der Waals surface area contributed by atoms with Gasteiger partial charge < -0.3 is 24.2 Å². The summed E-state index contributed by atoms with van der Waals surface area (Å²) >= 11 is 0. The first-order chi connectivity index (χ1) is 16.8. The molecule has 2 aromatic heterocycles. The lowest BCUT2D eigenvalue weighted by Gasteiger charge is -2.42. The zero-order chi connectivity index (χ0) is 24.9. The minimum Gasteiger partial charge on any atom is -0.497 e. The monoisotopic (exact) mass is 476 g/mol. The van der Waals surface area contributed by atoms with E-state index < -0.39 is 17.2 Å². The van der Waals surface area contributed by atoms with Crippen molar-refractivity contribution in [2.24, 2.45) is 7.05 Å². The summed E-state index contributed by atoms with van der Waals surface area (Å²) in [6.07, 6.45) is 2.75. The fraction of sp³-hybridized carbons (Fsp3) is 0.269. The van der Waals surface area contributed by atoms with Crippen LogP contribution in [0.25, 0.3) is 21.8 Å². The normalized spacial score (nSPS) is 16.2. The van der Waals surface area contributed by atoms with E-state index in [0.29, 0.717) is 41.7 Å². The maximum Gasteiger partial charge on any atom is 0.341 e. The van der Waals surface area contributed by atoms with Crippen LogP contribution in [-0.2, 0) is 7.05 Å². The summed E-state index contributed by atoms with van der Waals surface area (Å²) in [6, 6.07) is 10.9. The highest BCUT2D eigenvalue weighted by Crippen LogP contribution is 2.32. The van der Waals surface area contributed by atoms with Crippen molar-refractivity contribution in [3.8, 4) is 5.75 Å². The van der Waals surface area contributed by atoms with Crippen molar-refractivity contribution in [3.05, 3.63) is 70.4 Å². The molecule has 0 spiro atoms. The van der Waals surface area contributed by atoms with Gasteiger partial charge in [0.2, 0.25) is 5.43 Å². The topological polar surface area (TPSA) is 87.9 Å². The number of aromatic nitrogens is 2. The van der Waals surface area contributed by atoms with Crippen molar-refractivity contribution in [2.45, 2.75) is 13.0 Å². The number of methoxy groups -OCH3 is 1. The van der Waals surface area contributed by atoms with Crippen LogP contribution in [0.3, 0.4) is 0 Å². The Morgan fingerprint density at radius 1 is 1.23 bits per heavy atom. The van der Waals surface area contributed by atoms with E-state index in [1.165, 1.54) is 18.5 Å². The first kappa shape index (κ1) is 22.6. The molecule has 0 amide bonds. The Morgan fingerprint density at radius 3 is 2.74 bits per heavy atom. The van der Waals surface area contributed by atoms with E-state index >= 15 is 4.39 Å². The average Bonchev–Trinajstić information content (AvgIpc) is 2.85. The van der Waals surface area contributed by atoms with Crippen molar-refractivity contribution < 1.29 is 19.0 Å². The molecular formula is C26H25FN4O4. The second-order valence-corrected chi connectivity index (χ2v) is 8.82. The minimum absolute atomic E-state index is 0.0862. The fourth-order valence-corrected chi connectivity index (χ4v) is 4.90. The van der Waals surface area contributed by atoms with Crippen LogP contribution in [0.1, 0.15) is 17.3 Å². The van der Waals surface area contributed by atoms with Crippen molar-refractivity contribution >= 4 is 39.1 Å². The van der Waals surface area contributed by atoms with Crippen LogP contribution in [0.15, 0.2) is 53.6 Å². The SMILES string of the molecule is COc1cccc(N2CCN(c3cc4c(cc3F)ncc3c4c(=O)c(C(=O)O)cn3C)CC2C)c1. The number of rotatable bonds is 4. The summed E-state index contributed by atoms with van der Waals surface area (Å²) in [7, 11) is 3.29. The number of ether oxygens (including phenoxy) is 1. The lowest BCUT2D eigenvalue weighted by Crippen LogP contribution is -2.52. The molecule has 2 aromatic carbocycles. The number of carbonyl (C=O) groups is 1. The lowest BCUT2D eigenvalue weighted by atomic mass is 10.0. The maximum absolute atomic E-state index is 15.2. The third-order valence-corrected chi connectivity index (χ3v) is 6.67. The Morgan fingerprint density at radius 2 is 2.03 bits per heavy atom. The van der Waals surface area contributed by atoms with E-state index in [4.69, 9.17) is 4.74 Å². The predicted molar refractivity (Wildman–Crippen MR) is 133 cm³/mol. The first-order valence-electron chi connectivity index (χ1n) is 11.3. The molecule has 0 radical (unpaired) electrons. The maximum atomic E-state index is 15.2. The summed E-state index contributed by atoms with van der Waals surface area (Å²) in [4.78, 5) is 33.2. The smallest absolute Gasteiger partial charge is 0.341 e. The number of hydrogen-bond donors (Lipinski definition) is 1. The van der Waals surface area contributed by atoms with Crippen molar-refractivity contribution in [1.29, 1.82) is 0 Å². The van der Waals surface area contributed by atoms with Crippen LogP contribution >= 0.6 is 0 Å². The van der Waals surface area contributed by atoms with Gasteiger partial charge in [-0.15, -0.1) is 0 Å². The molecule has 35 heavy (non-hydrogen) atoms. The molecule has 1 unspecified atom stereocenters. The number of aromatic carboxylic acids is 1. The highest BCUT2D eigenvalue weighted by Gasteiger charge is 2.27. The summed E-state index contributed by atoms with van der Waals surface area (Å²) in [5.74, 6) is -0.959. The standard InChI is InChI=1S/C26H25FN4O4/c1-15-13-30(7-8-31(15)16-5-4-6-17(9-16)35-3)22-10-18-21(11-20(22)27)28-12-23-24(18)25(32)19(26(33)34)14-29(23)2/h4-6,9-12,14-15H,7-8,13H2,1-3H3,(H,33,34). The molecule has 180 valence electrons. The van der Waals surface area contributed by atoms with Crippen LogP contribution < -0.4 is 20.0 Å². The summed E-state index contributed by atoms with van der Waals surface area (Å²) in [5, 5.41) is 10.2. The molecule has 1 aliphatic rings. The molecule has 1 aliphatic heterocycles. The predicted octanol–water partition coefficient (Wildman–Crippen LogP) is 3.65. The summed E-state index contributed by atoms with van der Waals surface area (Å²) in [6.45, 7) is 3.89. The van der Waals surface area contributed by atoms with E-state index in [9.17, 15) is 14.7 Å². The van der Waals surface area contributed by atoms with E-state index in [0.717, 1.165) is 11.4 Å². The summed E-state index contributed by atoms with van der Waals surface area (Å²) in [5.41, 5.74) is 1.26. The van der Waals surface area contributed by atoms with Gasteiger partial charge >= 0.3 is 5.97 Å². The molecule has 4 aromatic rings. The van der Waals surface area contributed by atoms with Gasteiger partial charge in [0.05, 0.1) is 35.4 Å². The first-order valence-corrected chi connectivity index (χ1v) is 11.3. The van der Waals surface area contributed by atoms with Crippen LogP contribution in [0.5, 0.6) is 5.75 Å². The molecule has 8 nitrogen and oxygen atoms in total. The number of hydrogen-bond acceptors (Lipinski definition) is 6. The Labute approximate surface area is 200 Å². The van der Waals surface area contributed by atoms with Crippen molar-refractivity contribution in [3.63, 3.8) is 0 Å². The van der Waals surface area contributed by atoms with Gasteiger partial charge in [0.15, 0.2) is 0 Å². The molecule has 0 aliphatic carbocycles. The number of fused-ring (bicyclic) bond motifs is 3. The molecule has 1 atom stereocenters. The average molecular weight is 477 g/mol.